The van der Waals surface area contributed by atoms with E-state index < -0.39 is 6.03 Å². The Kier molecular flexibility index (Phi) is 3.68. The maximum atomic E-state index is 11.2. The molecule has 80 valence electrons. The first-order chi connectivity index (χ1) is 7.09. The van der Waals surface area contributed by atoms with Crippen LogP contribution in [-0.4, -0.2) is 23.5 Å². The maximum absolute atomic E-state index is 11.2. The summed E-state index contributed by atoms with van der Waals surface area (Å²) in [6.07, 6.45) is 0. The molecule has 2 amide bonds. The Bertz CT molecular complexity index is 377. The van der Waals surface area contributed by atoms with E-state index in [1.165, 1.54) is 13.0 Å². The summed E-state index contributed by atoms with van der Waals surface area (Å²) in [6.45, 7) is 1.35. The molecule has 0 aromatic heterocycles. The van der Waals surface area contributed by atoms with Gasteiger partial charge >= 0.3 is 6.03 Å². The lowest BCUT2D eigenvalue weighted by Crippen LogP contribution is -2.32. The summed E-state index contributed by atoms with van der Waals surface area (Å²) < 4.78 is 0. The van der Waals surface area contributed by atoms with Gasteiger partial charge in [0.25, 0.3) is 0 Å². The smallest absolute Gasteiger partial charge is 0.319 e. The Morgan fingerprint density at radius 2 is 2.00 bits per heavy atom. The number of urea groups is 1. The molecule has 0 saturated carbocycles. The second kappa shape index (κ2) is 4.99. The van der Waals surface area contributed by atoms with E-state index in [1.807, 2.05) is 0 Å². The van der Waals surface area contributed by atoms with Gasteiger partial charge in [0.15, 0.2) is 0 Å². The number of aromatic hydroxyl groups is 1. The topological polar surface area (TPSA) is 78.4 Å². The number of carbonyl (C=O) groups excluding carboxylic acids is 2. The highest BCUT2D eigenvalue weighted by molar-refractivity contribution is 5.93. The van der Waals surface area contributed by atoms with Gasteiger partial charge in [-0.3, -0.25) is 4.79 Å². The minimum atomic E-state index is -0.522. The van der Waals surface area contributed by atoms with Crippen LogP contribution in [0.4, 0.5) is 10.5 Å². The van der Waals surface area contributed by atoms with Gasteiger partial charge in [-0.05, 0) is 19.1 Å². The van der Waals surface area contributed by atoms with Crippen molar-refractivity contribution in [2.24, 2.45) is 0 Å². The third-order valence-electron chi connectivity index (χ3n) is 1.65. The van der Waals surface area contributed by atoms with E-state index in [2.05, 4.69) is 10.6 Å². The lowest BCUT2D eigenvalue weighted by Gasteiger charge is -2.07. The van der Waals surface area contributed by atoms with Gasteiger partial charge in [0, 0.05) is 0 Å². The molecule has 0 heterocycles. The number of nitrogens with one attached hydrogen (secondary N) is 2. The molecule has 0 fully saturated rings. The predicted octanol–water partition coefficient (Wildman–Crippen LogP) is 1.10. The summed E-state index contributed by atoms with van der Waals surface area (Å²) in [4.78, 5) is 21.8. The van der Waals surface area contributed by atoms with E-state index in [0.717, 1.165) is 0 Å². The summed E-state index contributed by atoms with van der Waals surface area (Å²) in [5.41, 5.74) is 0.304. The SMILES string of the molecule is CC(=O)CNC(=O)Nc1ccccc1O. The second-order valence-corrected chi connectivity index (χ2v) is 3.03. The molecule has 0 spiro atoms. The number of rotatable bonds is 3. The van der Waals surface area contributed by atoms with E-state index in [-0.39, 0.29) is 18.1 Å². The highest BCUT2D eigenvalue weighted by Crippen LogP contribution is 2.20. The van der Waals surface area contributed by atoms with Crippen LogP contribution in [0.15, 0.2) is 24.3 Å². The fourth-order valence-electron chi connectivity index (χ4n) is 0.951. The molecule has 0 aliphatic carbocycles. The van der Waals surface area contributed by atoms with Gasteiger partial charge in [0.05, 0.1) is 12.2 Å². The third-order valence-corrected chi connectivity index (χ3v) is 1.65. The first-order valence-electron chi connectivity index (χ1n) is 4.42. The predicted molar refractivity (Wildman–Crippen MR) is 55.8 cm³/mol. The summed E-state index contributed by atoms with van der Waals surface area (Å²) in [6, 6.07) is 5.82. The van der Waals surface area contributed by atoms with Crippen molar-refractivity contribution < 1.29 is 14.7 Å². The number of benzene rings is 1. The molecule has 0 unspecified atom stereocenters. The van der Waals surface area contributed by atoms with Crippen molar-refractivity contribution in [1.82, 2.24) is 5.32 Å². The molecule has 0 atom stereocenters. The number of anilines is 1. The third kappa shape index (κ3) is 3.68. The van der Waals surface area contributed by atoms with Crippen LogP contribution in [0, 0.1) is 0 Å². The van der Waals surface area contributed by atoms with Gasteiger partial charge in [0.1, 0.15) is 11.5 Å². The molecule has 1 aromatic rings. The molecule has 3 N–H and O–H groups in total. The molecule has 1 aromatic carbocycles. The molecule has 0 aliphatic rings. The first-order valence-corrected chi connectivity index (χ1v) is 4.42. The largest absolute Gasteiger partial charge is 0.506 e. The molecule has 0 radical (unpaired) electrons. The highest BCUT2D eigenvalue weighted by Gasteiger charge is 2.04. The number of phenols is 1. The van der Waals surface area contributed by atoms with Crippen molar-refractivity contribution >= 4 is 17.5 Å². The lowest BCUT2D eigenvalue weighted by atomic mass is 10.3. The van der Waals surface area contributed by atoms with E-state index in [0.29, 0.717) is 5.69 Å². The fraction of sp³-hybridized carbons (Fsp3) is 0.200. The van der Waals surface area contributed by atoms with Gasteiger partial charge in [0.2, 0.25) is 0 Å². The van der Waals surface area contributed by atoms with Crippen LogP contribution >= 0.6 is 0 Å². The van der Waals surface area contributed by atoms with Crippen LogP contribution in [-0.2, 0) is 4.79 Å². The Morgan fingerprint density at radius 1 is 1.33 bits per heavy atom. The summed E-state index contributed by atoms with van der Waals surface area (Å²) in [5.74, 6) is -0.155. The Morgan fingerprint density at radius 3 is 2.60 bits per heavy atom. The monoisotopic (exact) mass is 208 g/mol. The zero-order valence-corrected chi connectivity index (χ0v) is 8.28. The molecular weight excluding hydrogens is 196 g/mol. The Balaban J connectivity index is 2.52. The van der Waals surface area contributed by atoms with Crippen molar-refractivity contribution in [3.63, 3.8) is 0 Å². The second-order valence-electron chi connectivity index (χ2n) is 3.03. The van der Waals surface area contributed by atoms with Crippen LogP contribution in [0.5, 0.6) is 5.75 Å². The average molecular weight is 208 g/mol. The minimum Gasteiger partial charge on any atom is -0.506 e. The van der Waals surface area contributed by atoms with Gasteiger partial charge in [-0.2, -0.15) is 0 Å². The Hall–Kier alpha value is -2.04. The quantitative estimate of drug-likeness (QED) is 0.651. The average Bonchev–Trinajstić information content (AvgIpc) is 2.18. The lowest BCUT2D eigenvalue weighted by molar-refractivity contribution is -0.116. The van der Waals surface area contributed by atoms with Gasteiger partial charge < -0.3 is 15.7 Å². The van der Waals surface area contributed by atoms with Crippen LogP contribution < -0.4 is 10.6 Å². The fourth-order valence-corrected chi connectivity index (χ4v) is 0.951. The highest BCUT2D eigenvalue weighted by atomic mass is 16.3. The molecular formula is C10H12N2O3. The molecule has 1 rings (SSSR count). The number of hydrogen-bond acceptors (Lipinski definition) is 3. The van der Waals surface area contributed by atoms with E-state index in [1.54, 1.807) is 18.2 Å². The van der Waals surface area contributed by atoms with E-state index in [4.69, 9.17) is 0 Å². The number of hydrogen-bond donors (Lipinski definition) is 3. The van der Waals surface area contributed by atoms with Gasteiger partial charge in [-0.25, -0.2) is 4.79 Å². The minimum absolute atomic E-state index is 0.0181. The zero-order valence-electron chi connectivity index (χ0n) is 8.28. The molecule has 0 aliphatic heterocycles. The summed E-state index contributed by atoms with van der Waals surface area (Å²) in [7, 11) is 0. The van der Waals surface area contributed by atoms with Crippen molar-refractivity contribution in [1.29, 1.82) is 0 Å². The first kappa shape index (κ1) is 11.0. The normalized spacial score (nSPS) is 9.40. The Labute approximate surface area is 87.1 Å². The number of amides is 2. The number of ketones is 1. The number of para-hydroxylation sites is 2. The van der Waals surface area contributed by atoms with Crippen LogP contribution in [0.3, 0.4) is 0 Å². The number of carbonyl (C=O) groups is 2. The van der Waals surface area contributed by atoms with Crippen molar-refractivity contribution in [3.8, 4) is 5.75 Å². The molecule has 5 nitrogen and oxygen atoms in total. The standard InChI is InChI=1S/C10H12N2O3/c1-7(13)6-11-10(15)12-8-4-2-3-5-9(8)14/h2-5,14H,6H2,1H3,(H2,11,12,15). The van der Waals surface area contributed by atoms with Crippen LogP contribution in [0.25, 0.3) is 0 Å². The van der Waals surface area contributed by atoms with E-state index >= 15 is 0 Å². The molecule has 0 saturated heterocycles. The van der Waals surface area contributed by atoms with Crippen molar-refractivity contribution in [2.75, 3.05) is 11.9 Å². The number of Topliss-reactive ketones (excluding diaryl/α,β-unsaturated/α-hetero) is 1. The van der Waals surface area contributed by atoms with Crippen LogP contribution in [0.1, 0.15) is 6.92 Å². The zero-order chi connectivity index (χ0) is 11.3. The van der Waals surface area contributed by atoms with Gasteiger partial charge in [-0.15, -0.1) is 0 Å². The van der Waals surface area contributed by atoms with Crippen molar-refractivity contribution in [2.45, 2.75) is 6.92 Å². The molecule has 15 heavy (non-hydrogen) atoms. The van der Waals surface area contributed by atoms with Gasteiger partial charge in [-0.1, -0.05) is 12.1 Å². The number of phenolic OH excluding ortho intramolecular Hbond substituents is 1. The summed E-state index contributed by atoms with van der Waals surface area (Å²) in [5, 5.41) is 14.1. The molecule has 0 bridgehead atoms. The van der Waals surface area contributed by atoms with Crippen LogP contribution in [0.2, 0.25) is 0 Å². The maximum Gasteiger partial charge on any atom is 0.319 e. The van der Waals surface area contributed by atoms with E-state index in [9.17, 15) is 14.7 Å². The van der Waals surface area contributed by atoms with Crippen molar-refractivity contribution in [3.05, 3.63) is 24.3 Å². The molecule has 5 heteroatoms. The summed E-state index contributed by atoms with van der Waals surface area (Å²) >= 11 is 0.